The number of nitrogens with two attached hydrogens (primary N) is 1. The van der Waals surface area contributed by atoms with Crippen LogP contribution in [0, 0.1) is 0 Å². The van der Waals surface area contributed by atoms with Crippen LogP contribution in [0.15, 0.2) is 71.8 Å². The second kappa shape index (κ2) is 15.4. The lowest BCUT2D eigenvalue weighted by atomic mass is 9.98. The molecule has 0 aliphatic heterocycles. The van der Waals surface area contributed by atoms with Gasteiger partial charge < -0.3 is 10.3 Å². The van der Waals surface area contributed by atoms with Crippen molar-refractivity contribution in [2.45, 2.75) is 77.7 Å². The largest absolute Gasteiger partial charge is 0.339 e. The minimum absolute atomic E-state index is 0.121. The molecule has 1 atom stereocenters. The first-order chi connectivity index (χ1) is 14.6. The number of aromatic nitrogens is 2. The second-order valence-corrected chi connectivity index (χ2v) is 7.49. The highest BCUT2D eigenvalue weighted by Gasteiger charge is 2.17. The molecule has 0 radical (unpaired) electrons. The minimum atomic E-state index is 0.121. The van der Waals surface area contributed by atoms with Gasteiger partial charge in [-0.15, -0.1) is 0 Å². The van der Waals surface area contributed by atoms with Crippen LogP contribution in [0.2, 0.25) is 0 Å². The van der Waals surface area contributed by atoms with Gasteiger partial charge >= 0.3 is 0 Å². The van der Waals surface area contributed by atoms with E-state index in [4.69, 9.17) is 10.3 Å². The van der Waals surface area contributed by atoms with E-state index in [1.54, 1.807) is 12.2 Å². The molecule has 1 heterocycles. The van der Waals surface area contributed by atoms with Crippen molar-refractivity contribution in [2.24, 2.45) is 5.73 Å². The van der Waals surface area contributed by atoms with Crippen LogP contribution in [-0.2, 0) is 6.42 Å². The van der Waals surface area contributed by atoms with Gasteiger partial charge in [-0.05, 0) is 30.4 Å². The average Bonchev–Trinajstić information content (AvgIpc) is 3.21. The van der Waals surface area contributed by atoms with Crippen molar-refractivity contribution in [2.75, 3.05) is 0 Å². The summed E-state index contributed by atoms with van der Waals surface area (Å²) in [5.74, 6) is 2.03. The summed E-state index contributed by atoms with van der Waals surface area (Å²) in [5.41, 5.74) is 8.13. The molecule has 1 unspecified atom stereocenters. The molecule has 4 nitrogen and oxygen atoms in total. The van der Waals surface area contributed by atoms with Crippen molar-refractivity contribution < 1.29 is 4.52 Å². The predicted octanol–water partition coefficient (Wildman–Crippen LogP) is 6.76. The summed E-state index contributed by atoms with van der Waals surface area (Å²) in [5, 5.41) is 4.11. The van der Waals surface area contributed by atoms with Gasteiger partial charge in [0, 0.05) is 18.4 Å². The standard InChI is InChI=1S/C16H22N2O.C10H17N/c1-3-8-14(9-4-2)16-17-15(18-19-16)12-13-10-6-5-7-11-13;1-4-7-9(6-3)10(11)8-5-2/h5-7,10-11,14H,3-4,8-9,12H2,1-2H3;4,6-7,10H,1,3,5,8,11H2,2H3/b;9-7+. The summed E-state index contributed by atoms with van der Waals surface area (Å²) in [7, 11) is 0. The predicted molar refractivity (Wildman–Crippen MR) is 127 cm³/mol. The van der Waals surface area contributed by atoms with Crippen LogP contribution in [-0.4, -0.2) is 16.2 Å². The van der Waals surface area contributed by atoms with E-state index in [1.807, 2.05) is 24.3 Å². The molecular weight excluding hydrogens is 370 g/mol. The molecule has 2 aromatic rings. The van der Waals surface area contributed by atoms with Crippen molar-refractivity contribution >= 4 is 0 Å². The first-order valence-electron chi connectivity index (χ1n) is 11.2. The summed E-state index contributed by atoms with van der Waals surface area (Å²) in [6.07, 6.45) is 12.9. The molecule has 0 spiro atoms. The van der Waals surface area contributed by atoms with Crippen LogP contribution in [0.5, 0.6) is 0 Å². The number of hydrogen-bond acceptors (Lipinski definition) is 4. The number of nitrogens with zero attached hydrogens (tertiary/aromatic N) is 2. The van der Waals surface area contributed by atoms with Gasteiger partial charge in [-0.25, -0.2) is 0 Å². The Morgan fingerprint density at radius 1 is 1.03 bits per heavy atom. The highest BCUT2D eigenvalue weighted by molar-refractivity contribution is 5.26. The molecule has 0 amide bonds. The average molecular weight is 410 g/mol. The zero-order valence-electron chi connectivity index (χ0n) is 19.0. The summed E-state index contributed by atoms with van der Waals surface area (Å²) < 4.78 is 5.44. The van der Waals surface area contributed by atoms with E-state index < -0.39 is 0 Å². The molecule has 1 aromatic carbocycles. The Morgan fingerprint density at radius 3 is 2.20 bits per heavy atom. The fourth-order valence-corrected chi connectivity index (χ4v) is 3.33. The third-order valence-corrected chi connectivity index (χ3v) is 4.89. The second-order valence-electron chi connectivity index (χ2n) is 7.49. The van der Waals surface area contributed by atoms with Crippen molar-refractivity contribution in [3.8, 4) is 0 Å². The lowest BCUT2D eigenvalue weighted by Crippen LogP contribution is -2.21. The SMILES string of the molecule is C=C/C=C(\C=C)C(N)CCC.CCCC(CCC)c1nc(Cc2ccccc2)no1. The monoisotopic (exact) mass is 409 g/mol. The smallest absolute Gasteiger partial charge is 0.229 e. The number of hydrogen-bond donors (Lipinski definition) is 1. The molecule has 164 valence electrons. The third kappa shape index (κ3) is 9.36. The molecule has 2 rings (SSSR count). The summed E-state index contributed by atoms with van der Waals surface area (Å²) in [4.78, 5) is 4.57. The van der Waals surface area contributed by atoms with E-state index in [2.05, 4.69) is 56.2 Å². The molecule has 4 heteroatoms. The zero-order chi connectivity index (χ0) is 22.2. The lowest BCUT2D eigenvalue weighted by Gasteiger charge is -2.10. The highest BCUT2D eigenvalue weighted by atomic mass is 16.5. The Bertz CT molecular complexity index is 743. The van der Waals surface area contributed by atoms with Gasteiger partial charge in [0.2, 0.25) is 5.89 Å². The maximum atomic E-state index is 5.84. The van der Waals surface area contributed by atoms with E-state index in [1.165, 1.54) is 5.56 Å². The van der Waals surface area contributed by atoms with Crippen LogP contribution >= 0.6 is 0 Å². The topological polar surface area (TPSA) is 64.9 Å². The van der Waals surface area contributed by atoms with Gasteiger partial charge in [0.05, 0.1) is 0 Å². The van der Waals surface area contributed by atoms with Crippen molar-refractivity contribution in [3.05, 3.63) is 84.6 Å². The molecule has 30 heavy (non-hydrogen) atoms. The first kappa shape index (κ1) is 25.6. The van der Waals surface area contributed by atoms with Gasteiger partial charge in [-0.2, -0.15) is 4.98 Å². The highest BCUT2D eigenvalue weighted by Crippen LogP contribution is 2.25. The fourth-order valence-electron chi connectivity index (χ4n) is 3.33. The first-order valence-corrected chi connectivity index (χ1v) is 11.2. The maximum absolute atomic E-state index is 5.84. The van der Waals surface area contributed by atoms with Crippen LogP contribution in [0.3, 0.4) is 0 Å². The lowest BCUT2D eigenvalue weighted by molar-refractivity contribution is 0.334. The van der Waals surface area contributed by atoms with Gasteiger partial charge in [0.15, 0.2) is 5.82 Å². The molecule has 2 N–H and O–H groups in total. The molecule has 1 aromatic heterocycles. The van der Waals surface area contributed by atoms with Gasteiger partial charge in [0.1, 0.15) is 0 Å². The van der Waals surface area contributed by atoms with Crippen LogP contribution in [0.25, 0.3) is 0 Å². The molecule has 0 saturated carbocycles. The molecule has 0 aliphatic rings. The minimum Gasteiger partial charge on any atom is -0.339 e. The fraction of sp³-hybridized carbons (Fsp3) is 0.462. The Hall–Kier alpha value is -2.46. The Balaban J connectivity index is 0.000000352. The zero-order valence-corrected chi connectivity index (χ0v) is 19.0. The maximum Gasteiger partial charge on any atom is 0.229 e. The quantitative estimate of drug-likeness (QED) is 0.393. The molecule has 0 aliphatic carbocycles. The van der Waals surface area contributed by atoms with Gasteiger partial charge in [0.25, 0.3) is 0 Å². The molecule has 0 bridgehead atoms. The van der Waals surface area contributed by atoms with Crippen molar-refractivity contribution in [1.29, 1.82) is 0 Å². The summed E-state index contributed by atoms with van der Waals surface area (Å²) >= 11 is 0. The normalized spacial score (nSPS) is 12.2. The summed E-state index contributed by atoms with van der Waals surface area (Å²) in [6.45, 7) is 13.8. The Morgan fingerprint density at radius 2 is 1.67 bits per heavy atom. The van der Waals surface area contributed by atoms with E-state index in [0.29, 0.717) is 5.92 Å². The molecule has 0 fully saturated rings. The Kier molecular flexibility index (Phi) is 13.1. The van der Waals surface area contributed by atoms with E-state index in [0.717, 1.165) is 62.2 Å². The molecular formula is C26H39N3O. The van der Waals surface area contributed by atoms with E-state index >= 15 is 0 Å². The Labute approximate surface area is 183 Å². The van der Waals surface area contributed by atoms with Gasteiger partial charge in [-0.1, -0.05) is 107 Å². The third-order valence-electron chi connectivity index (χ3n) is 4.89. The van der Waals surface area contributed by atoms with Crippen LogP contribution < -0.4 is 5.73 Å². The van der Waals surface area contributed by atoms with Crippen molar-refractivity contribution in [3.63, 3.8) is 0 Å². The van der Waals surface area contributed by atoms with Crippen LogP contribution in [0.4, 0.5) is 0 Å². The van der Waals surface area contributed by atoms with Crippen molar-refractivity contribution in [1.82, 2.24) is 10.1 Å². The van der Waals surface area contributed by atoms with Gasteiger partial charge in [-0.3, -0.25) is 0 Å². The van der Waals surface area contributed by atoms with E-state index in [9.17, 15) is 0 Å². The van der Waals surface area contributed by atoms with E-state index in [-0.39, 0.29) is 6.04 Å². The molecule has 0 saturated heterocycles. The number of benzene rings is 1. The number of rotatable bonds is 12. The summed E-state index contributed by atoms with van der Waals surface area (Å²) in [6, 6.07) is 10.4. The number of allylic oxidation sites excluding steroid dienone is 2. The van der Waals surface area contributed by atoms with Crippen LogP contribution in [0.1, 0.15) is 82.5 Å².